The third kappa shape index (κ3) is 3.53. The first-order chi connectivity index (χ1) is 11.7. The standard InChI is InChI=1S/C18H16N2O4/c19-10-14-8-12(16-9-13(18(21)22)5-6-20-16)3-4-17(14)24-11-15-2-1-7-23-15/h3-6,8-9,15H,1-2,7,11H2,(H,21,22). The van der Waals surface area contributed by atoms with E-state index in [4.69, 9.17) is 14.6 Å². The number of aromatic nitrogens is 1. The first-order valence-corrected chi connectivity index (χ1v) is 7.65. The Morgan fingerprint density at radius 1 is 1.42 bits per heavy atom. The maximum Gasteiger partial charge on any atom is 0.335 e. The lowest BCUT2D eigenvalue weighted by molar-refractivity contribution is 0.0678. The summed E-state index contributed by atoms with van der Waals surface area (Å²) in [5.74, 6) is -0.526. The van der Waals surface area contributed by atoms with E-state index in [1.165, 1.54) is 18.3 Å². The van der Waals surface area contributed by atoms with Crippen molar-refractivity contribution in [3.05, 3.63) is 47.7 Å². The van der Waals surface area contributed by atoms with E-state index in [0.29, 0.717) is 29.2 Å². The number of benzene rings is 1. The van der Waals surface area contributed by atoms with Crippen LogP contribution in [0.5, 0.6) is 5.75 Å². The van der Waals surface area contributed by atoms with E-state index in [2.05, 4.69) is 11.1 Å². The van der Waals surface area contributed by atoms with Crippen LogP contribution in [-0.4, -0.2) is 35.4 Å². The summed E-state index contributed by atoms with van der Waals surface area (Å²) in [4.78, 5) is 15.2. The van der Waals surface area contributed by atoms with Crippen molar-refractivity contribution in [3.63, 3.8) is 0 Å². The fourth-order valence-electron chi connectivity index (χ4n) is 2.58. The molecule has 1 unspecified atom stereocenters. The highest BCUT2D eigenvalue weighted by Crippen LogP contribution is 2.26. The molecule has 2 aromatic rings. The zero-order valence-corrected chi connectivity index (χ0v) is 12.9. The molecule has 0 bridgehead atoms. The molecule has 0 radical (unpaired) electrons. The van der Waals surface area contributed by atoms with Crippen molar-refractivity contribution in [1.82, 2.24) is 4.98 Å². The Labute approximate surface area is 139 Å². The Kier molecular flexibility index (Phi) is 4.73. The summed E-state index contributed by atoms with van der Waals surface area (Å²) < 4.78 is 11.2. The van der Waals surface area contributed by atoms with Crippen molar-refractivity contribution >= 4 is 5.97 Å². The van der Waals surface area contributed by atoms with Crippen LogP contribution in [0.15, 0.2) is 36.5 Å². The summed E-state index contributed by atoms with van der Waals surface area (Å²) in [6.45, 7) is 1.17. The molecule has 1 aliphatic rings. The van der Waals surface area contributed by atoms with Gasteiger partial charge in [0.15, 0.2) is 0 Å². The number of carboxylic acid groups (broad SMARTS) is 1. The van der Waals surface area contributed by atoms with Gasteiger partial charge in [-0.25, -0.2) is 4.79 Å². The van der Waals surface area contributed by atoms with Crippen molar-refractivity contribution in [2.75, 3.05) is 13.2 Å². The average Bonchev–Trinajstić information content (AvgIpc) is 3.13. The Balaban J connectivity index is 1.82. The molecular formula is C18H16N2O4. The SMILES string of the molecule is N#Cc1cc(-c2cc(C(=O)O)ccn2)ccc1OCC1CCCO1. The van der Waals surface area contributed by atoms with Crippen LogP contribution in [0.1, 0.15) is 28.8 Å². The molecule has 1 saturated heterocycles. The highest BCUT2D eigenvalue weighted by atomic mass is 16.5. The van der Waals surface area contributed by atoms with E-state index in [-0.39, 0.29) is 11.7 Å². The van der Waals surface area contributed by atoms with Gasteiger partial charge in [-0.1, -0.05) is 0 Å². The van der Waals surface area contributed by atoms with Gasteiger partial charge >= 0.3 is 5.97 Å². The fraction of sp³-hybridized carbons (Fsp3) is 0.278. The van der Waals surface area contributed by atoms with E-state index in [9.17, 15) is 10.1 Å². The zero-order valence-electron chi connectivity index (χ0n) is 12.9. The predicted molar refractivity (Wildman–Crippen MR) is 85.8 cm³/mol. The maximum atomic E-state index is 11.1. The van der Waals surface area contributed by atoms with Crippen molar-refractivity contribution in [1.29, 1.82) is 5.26 Å². The summed E-state index contributed by atoms with van der Waals surface area (Å²) in [7, 11) is 0. The Morgan fingerprint density at radius 2 is 2.29 bits per heavy atom. The van der Waals surface area contributed by atoms with Gasteiger partial charge in [-0.15, -0.1) is 0 Å². The van der Waals surface area contributed by atoms with Crippen LogP contribution in [0.2, 0.25) is 0 Å². The number of hydrogen-bond acceptors (Lipinski definition) is 5. The molecule has 0 spiro atoms. The van der Waals surface area contributed by atoms with Gasteiger partial charge in [0.2, 0.25) is 0 Å². The summed E-state index contributed by atoms with van der Waals surface area (Å²) in [5, 5.41) is 18.4. The number of nitrogens with zero attached hydrogens (tertiary/aromatic N) is 2. The van der Waals surface area contributed by atoms with Crippen LogP contribution in [0.3, 0.4) is 0 Å². The molecule has 1 aromatic heterocycles. The van der Waals surface area contributed by atoms with E-state index in [1.807, 2.05) is 0 Å². The number of ether oxygens (including phenoxy) is 2. The molecule has 2 heterocycles. The van der Waals surface area contributed by atoms with Gasteiger partial charge in [0.1, 0.15) is 18.4 Å². The van der Waals surface area contributed by atoms with Crippen LogP contribution in [0.25, 0.3) is 11.3 Å². The van der Waals surface area contributed by atoms with Crippen molar-refractivity contribution in [2.24, 2.45) is 0 Å². The van der Waals surface area contributed by atoms with E-state index in [0.717, 1.165) is 19.4 Å². The molecule has 1 aromatic carbocycles. The molecule has 6 nitrogen and oxygen atoms in total. The average molecular weight is 324 g/mol. The minimum Gasteiger partial charge on any atom is -0.489 e. The fourth-order valence-corrected chi connectivity index (χ4v) is 2.58. The number of carbonyl (C=O) groups is 1. The third-order valence-corrected chi connectivity index (χ3v) is 3.85. The molecule has 3 rings (SSSR count). The second-order valence-electron chi connectivity index (χ2n) is 5.50. The zero-order chi connectivity index (χ0) is 16.9. The van der Waals surface area contributed by atoms with E-state index in [1.54, 1.807) is 18.2 Å². The van der Waals surface area contributed by atoms with Gasteiger partial charge in [-0.3, -0.25) is 4.98 Å². The maximum absolute atomic E-state index is 11.1. The predicted octanol–water partition coefficient (Wildman–Crippen LogP) is 2.88. The second-order valence-corrected chi connectivity index (χ2v) is 5.50. The Hall–Kier alpha value is -2.91. The molecule has 122 valence electrons. The molecule has 6 heteroatoms. The lowest BCUT2D eigenvalue weighted by Gasteiger charge is -2.13. The first kappa shape index (κ1) is 16.0. The molecule has 1 N–H and O–H groups in total. The van der Waals surface area contributed by atoms with Gasteiger partial charge in [0.25, 0.3) is 0 Å². The van der Waals surface area contributed by atoms with Gasteiger partial charge < -0.3 is 14.6 Å². The summed E-state index contributed by atoms with van der Waals surface area (Å²) in [5.41, 5.74) is 1.70. The lowest BCUT2D eigenvalue weighted by Crippen LogP contribution is -2.16. The second kappa shape index (κ2) is 7.11. The molecule has 0 amide bonds. The highest BCUT2D eigenvalue weighted by Gasteiger charge is 2.17. The number of aromatic carboxylic acids is 1. The lowest BCUT2D eigenvalue weighted by atomic mass is 10.1. The molecule has 24 heavy (non-hydrogen) atoms. The molecular weight excluding hydrogens is 308 g/mol. The van der Waals surface area contributed by atoms with Gasteiger partial charge in [-0.05, 0) is 43.2 Å². The molecule has 1 fully saturated rings. The highest BCUT2D eigenvalue weighted by molar-refractivity contribution is 5.88. The minimum absolute atomic E-state index is 0.0742. The van der Waals surface area contributed by atoms with Gasteiger partial charge in [0, 0.05) is 18.4 Å². The normalized spacial score (nSPS) is 16.5. The molecule has 0 saturated carbocycles. The quantitative estimate of drug-likeness (QED) is 0.909. The van der Waals surface area contributed by atoms with Gasteiger partial charge in [0.05, 0.1) is 22.9 Å². The molecule has 1 atom stereocenters. The first-order valence-electron chi connectivity index (χ1n) is 7.65. The number of rotatable bonds is 5. The van der Waals surface area contributed by atoms with Crippen LogP contribution >= 0.6 is 0 Å². The Bertz CT molecular complexity index is 792. The topological polar surface area (TPSA) is 92.4 Å². The van der Waals surface area contributed by atoms with Crippen LogP contribution < -0.4 is 4.74 Å². The van der Waals surface area contributed by atoms with Crippen LogP contribution in [0.4, 0.5) is 0 Å². The van der Waals surface area contributed by atoms with Gasteiger partial charge in [-0.2, -0.15) is 5.26 Å². The number of pyridine rings is 1. The van der Waals surface area contributed by atoms with E-state index < -0.39 is 5.97 Å². The molecule has 0 aliphatic carbocycles. The third-order valence-electron chi connectivity index (χ3n) is 3.85. The number of carboxylic acids is 1. The minimum atomic E-state index is -1.02. The van der Waals surface area contributed by atoms with Crippen molar-refractivity contribution < 1.29 is 19.4 Å². The summed E-state index contributed by atoms with van der Waals surface area (Å²) in [6.07, 6.45) is 3.51. The summed E-state index contributed by atoms with van der Waals surface area (Å²) in [6, 6.07) is 10.1. The summed E-state index contributed by atoms with van der Waals surface area (Å²) >= 11 is 0. The van der Waals surface area contributed by atoms with Crippen molar-refractivity contribution in [2.45, 2.75) is 18.9 Å². The smallest absolute Gasteiger partial charge is 0.335 e. The molecule has 1 aliphatic heterocycles. The number of nitriles is 1. The largest absolute Gasteiger partial charge is 0.489 e. The van der Waals surface area contributed by atoms with Crippen LogP contribution in [-0.2, 0) is 4.74 Å². The van der Waals surface area contributed by atoms with Crippen molar-refractivity contribution in [3.8, 4) is 23.1 Å². The van der Waals surface area contributed by atoms with Crippen LogP contribution in [0, 0.1) is 11.3 Å². The Morgan fingerprint density at radius 3 is 3.00 bits per heavy atom. The van der Waals surface area contributed by atoms with E-state index >= 15 is 0 Å². The number of hydrogen-bond donors (Lipinski definition) is 1. The monoisotopic (exact) mass is 324 g/mol.